The van der Waals surface area contributed by atoms with Gasteiger partial charge in [0.1, 0.15) is 11.4 Å². The van der Waals surface area contributed by atoms with Gasteiger partial charge in [0.05, 0.1) is 11.1 Å². The van der Waals surface area contributed by atoms with E-state index in [0.29, 0.717) is 32.4 Å². The minimum Gasteiger partial charge on any atom is -0.508 e. The van der Waals surface area contributed by atoms with Gasteiger partial charge in [0.2, 0.25) is 0 Å². The molecule has 0 fully saturated rings. The van der Waals surface area contributed by atoms with Gasteiger partial charge in [-0.1, -0.05) is 37.6 Å². The summed E-state index contributed by atoms with van der Waals surface area (Å²) in [5.74, 6) is -0.297. The maximum atomic E-state index is 13.5. The number of fused-ring (bicyclic) bond motifs is 1. The number of pyridine rings is 1. The Hall–Kier alpha value is -2.81. The lowest BCUT2D eigenvalue weighted by Crippen LogP contribution is -2.25. The summed E-state index contributed by atoms with van der Waals surface area (Å²) in [6.45, 7) is 2.65. The topological polar surface area (TPSA) is 45.1 Å². The SMILES string of the molecule is CCCC(CNCCc1cccc(O)c1)c1cc(C(F)(F)F)nc2c(C(F)(F)F)cccc12. The molecule has 0 radical (unpaired) electrons. The molecule has 0 saturated carbocycles. The fraction of sp³-hybridized carbons (Fsp3) is 0.375. The molecule has 0 amide bonds. The number of phenolic OH excluding ortho intramolecular Hbond substituents is 1. The summed E-state index contributed by atoms with van der Waals surface area (Å²) in [6, 6.07) is 10.9. The van der Waals surface area contributed by atoms with E-state index in [1.165, 1.54) is 12.1 Å². The summed E-state index contributed by atoms with van der Waals surface area (Å²) in [4.78, 5) is 3.37. The predicted octanol–water partition coefficient (Wildman–Crippen LogP) is 6.69. The molecule has 0 saturated heterocycles. The van der Waals surface area contributed by atoms with Crippen LogP contribution in [-0.4, -0.2) is 23.2 Å². The molecule has 1 unspecified atom stereocenters. The van der Waals surface area contributed by atoms with Crippen molar-refractivity contribution in [1.82, 2.24) is 10.3 Å². The Kier molecular flexibility index (Phi) is 7.51. The van der Waals surface area contributed by atoms with E-state index < -0.39 is 35.0 Å². The molecule has 33 heavy (non-hydrogen) atoms. The highest BCUT2D eigenvalue weighted by Gasteiger charge is 2.38. The molecular formula is C24H24F6N2O. The van der Waals surface area contributed by atoms with E-state index in [1.807, 2.05) is 13.0 Å². The highest BCUT2D eigenvalue weighted by Crippen LogP contribution is 2.39. The fourth-order valence-electron chi connectivity index (χ4n) is 3.92. The average Bonchev–Trinajstić information content (AvgIpc) is 2.73. The number of aromatic hydroxyl groups is 1. The first-order valence-corrected chi connectivity index (χ1v) is 10.6. The van der Waals surface area contributed by atoms with Gasteiger partial charge in [-0.3, -0.25) is 0 Å². The zero-order chi connectivity index (χ0) is 24.2. The van der Waals surface area contributed by atoms with Gasteiger partial charge < -0.3 is 10.4 Å². The standard InChI is InChI=1S/C24H24F6N2O/c1-2-5-16(14-31-11-10-15-6-3-7-17(33)12-15)19-13-21(24(28,29)30)32-22-18(19)8-4-9-20(22)23(25,26)27/h3-4,6-9,12-13,16,31,33H,2,5,10-11,14H2,1H3. The summed E-state index contributed by atoms with van der Waals surface area (Å²) in [5, 5.41) is 12.8. The van der Waals surface area contributed by atoms with E-state index in [1.54, 1.807) is 18.2 Å². The number of alkyl halides is 6. The van der Waals surface area contributed by atoms with E-state index >= 15 is 0 Å². The van der Waals surface area contributed by atoms with Crippen LogP contribution in [0.15, 0.2) is 48.5 Å². The normalized spacial score (nSPS) is 13.4. The van der Waals surface area contributed by atoms with Crippen LogP contribution in [0, 0.1) is 0 Å². The maximum Gasteiger partial charge on any atom is 0.433 e. The highest BCUT2D eigenvalue weighted by molar-refractivity contribution is 5.86. The third-order valence-electron chi connectivity index (χ3n) is 5.44. The van der Waals surface area contributed by atoms with Crippen LogP contribution in [-0.2, 0) is 18.8 Å². The molecule has 0 aliphatic carbocycles. The van der Waals surface area contributed by atoms with Crippen LogP contribution < -0.4 is 5.32 Å². The molecule has 3 nitrogen and oxygen atoms in total. The zero-order valence-electron chi connectivity index (χ0n) is 17.9. The summed E-state index contributed by atoms with van der Waals surface area (Å²) in [6.07, 6.45) is -7.99. The molecular weight excluding hydrogens is 446 g/mol. The van der Waals surface area contributed by atoms with E-state index in [-0.39, 0.29) is 16.7 Å². The molecule has 0 aliphatic heterocycles. The Morgan fingerprint density at radius 3 is 2.33 bits per heavy atom. The van der Waals surface area contributed by atoms with Crippen LogP contribution in [0.2, 0.25) is 0 Å². The molecule has 1 aromatic heterocycles. The number of nitrogens with zero attached hydrogens (tertiary/aromatic N) is 1. The van der Waals surface area contributed by atoms with Crippen LogP contribution >= 0.6 is 0 Å². The smallest absolute Gasteiger partial charge is 0.433 e. The third kappa shape index (κ3) is 6.16. The number of phenols is 1. The van der Waals surface area contributed by atoms with Crippen molar-refractivity contribution in [3.8, 4) is 5.75 Å². The first kappa shape index (κ1) is 24.8. The molecule has 3 rings (SSSR count). The number of para-hydroxylation sites is 1. The average molecular weight is 470 g/mol. The molecule has 1 heterocycles. The molecule has 3 aromatic rings. The lowest BCUT2D eigenvalue weighted by Gasteiger charge is -2.22. The summed E-state index contributed by atoms with van der Waals surface area (Å²) in [5.41, 5.74) is -2.11. The minimum atomic E-state index is -4.87. The second-order valence-corrected chi connectivity index (χ2v) is 7.90. The minimum absolute atomic E-state index is 0.0751. The monoisotopic (exact) mass is 470 g/mol. The molecule has 0 bridgehead atoms. The van der Waals surface area contributed by atoms with Gasteiger partial charge in [-0.2, -0.15) is 26.3 Å². The number of nitrogens with one attached hydrogen (secondary N) is 1. The van der Waals surface area contributed by atoms with E-state index in [0.717, 1.165) is 17.7 Å². The lowest BCUT2D eigenvalue weighted by molar-refractivity contribution is -0.142. The van der Waals surface area contributed by atoms with E-state index in [2.05, 4.69) is 10.3 Å². The molecule has 1 atom stereocenters. The molecule has 9 heteroatoms. The first-order chi connectivity index (χ1) is 15.5. The number of benzene rings is 2. The second-order valence-electron chi connectivity index (χ2n) is 7.90. The Labute approximate surface area is 187 Å². The zero-order valence-corrected chi connectivity index (χ0v) is 17.9. The molecule has 178 valence electrons. The van der Waals surface area contributed by atoms with Crippen molar-refractivity contribution in [1.29, 1.82) is 0 Å². The van der Waals surface area contributed by atoms with Gasteiger partial charge in [0.15, 0.2) is 0 Å². The Morgan fingerprint density at radius 1 is 0.970 bits per heavy atom. The number of halogens is 6. The van der Waals surface area contributed by atoms with Crippen molar-refractivity contribution in [2.75, 3.05) is 13.1 Å². The highest BCUT2D eigenvalue weighted by atomic mass is 19.4. The third-order valence-corrected chi connectivity index (χ3v) is 5.44. The summed E-state index contributed by atoms with van der Waals surface area (Å²) >= 11 is 0. The lowest BCUT2D eigenvalue weighted by atomic mass is 9.90. The Bertz CT molecular complexity index is 1090. The van der Waals surface area contributed by atoms with Crippen LogP contribution in [0.5, 0.6) is 5.75 Å². The van der Waals surface area contributed by atoms with Crippen LogP contribution in [0.25, 0.3) is 10.9 Å². The van der Waals surface area contributed by atoms with Gasteiger partial charge in [-0.25, -0.2) is 4.98 Å². The summed E-state index contributed by atoms with van der Waals surface area (Å²) < 4.78 is 81.1. The van der Waals surface area contributed by atoms with Gasteiger partial charge in [0.25, 0.3) is 0 Å². The molecule has 0 aliphatic rings. The van der Waals surface area contributed by atoms with Crippen LogP contribution in [0.4, 0.5) is 26.3 Å². The number of aromatic nitrogens is 1. The van der Waals surface area contributed by atoms with E-state index in [9.17, 15) is 31.4 Å². The van der Waals surface area contributed by atoms with Gasteiger partial charge in [-0.15, -0.1) is 0 Å². The Morgan fingerprint density at radius 2 is 1.70 bits per heavy atom. The van der Waals surface area contributed by atoms with Crippen LogP contribution in [0.1, 0.15) is 48.1 Å². The largest absolute Gasteiger partial charge is 0.508 e. The maximum absolute atomic E-state index is 13.5. The van der Waals surface area contributed by atoms with Gasteiger partial charge in [0, 0.05) is 11.9 Å². The molecule has 0 spiro atoms. The molecule has 2 aromatic carbocycles. The van der Waals surface area contributed by atoms with Gasteiger partial charge in [-0.05, 0) is 60.7 Å². The summed E-state index contributed by atoms with van der Waals surface area (Å²) in [7, 11) is 0. The molecule has 2 N–H and O–H groups in total. The van der Waals surface area contributed by atoms with Crippen molar-refractivity contribution >= 4 is 10.9 Å². The number of hydrogen-bond donors (Lipinski definition) is 2. The second kappa shape index (κ2) is 9.99. The Balaban J connectivity index is 1.95. The van der Waals surface area contributed by atoms with Crippen molar-refractivity contribution in [2.24, 2.45) is 0 Å². The number of rotatable bonds is 8. The van der Waals surface area contributed by atoms with Crippen molar-refractivity contribution in [3.63, 3.8) is 0 Å². The quantitative estimate of drug-likeness (QED) is 0.285. The van der Waals surface area contributed by atoms with Crippen molar-refractivity contribution in [2.45, 2.75) is 44.5 Å². The number of hydrogen-bond acceptors (Lipinski definition) is 3. The predicted molar refractivity (Wildman–Crippen MR) is 114 cm³/mol. The van der Waals surface area contributed by atoms with Gasteiger partial charge >= 0.3 is 12.4 Å². The first-order valence-electron chi connectivity index (χ1n) is 10.6. The van der Waals surface area contributed by atoms with Crippen LogP contribution in [0.3, 0.4) is 0 Å². The van der Waals surface area contributed by atoms with E-state index in [4.69, 9.17) is 0 Å². The van der Waals surface area contributed by atoms with Crippen molar-refractivity contribution in [3.05, 3.63) is 70.9 Å². The fourth-order valence-corrected chi connectivity index (χ4v) is 3.92. The van der Waals surface area contributed by atoms with Crippen molar-refractivity contribution < 1.29 is 31.4 Å².